The van der Waals surface area contributed by atoms with Crippen LogP contribution in [0.1, 0.15) is 19.3 Å². The molecule has 0 rings (SSSR count). The minimum atomic E-state index is -0.406. The Bertz CT molecular complexity index is 196. The van der Waals surface area contributed by atoms with Crippen LogP contribution < -0.4 is 15.9 Å². The highest BCUT2D eigenvalue weighted by Gasteiger charge is 1.98. The quantitative estimate of drug-likeness (QED) is 0.219. The van der Waals surface area contributed by atoms with E-state index in [-0.39, 0.29) is 0 Å². The fourth-order valence-corrected chi connectivity index (χ4v) is 1.41. The molecule has 6 heteroatoms. The molecule has 0 aliphatic heterocycles. The first kappa shape index (κ1) is 16.4. The first-order valence-electron chi connectivity index (χ1n) is 6.43. The standard InChI is InChI=1S/C11H25BN4O/c1-12(17)16-9-5-8-14-6-3-4-7-15-11-10-13-2/h14-17H,3-11H2,1H3. The molecule has 0 radical (unpaired) electrons. The predicted molar refractivity (Wildman–Crippen MR) is 72.9 cm³/mol. The molecule has 0 aromatic rings. The summed E-state index contributed by atoms with van der Waals surface area (Å²) in [4.78, 5) is 3.28. The van der Waals surface area contributed by atoms with Gasteiger partial charge in [0.25, 0.3) is 0 Å². The molecule has 0 heterocycles. The van der Waals surface area contributed by atoms with Crippen molar-refractivity contribution in [2.45, 2.75) is 26.1 Å². The van der Waals surface area contributed by atoms with Gasteiger partial charge in [-0.25, -0.2) is 6.57 Å². The maximum Gasteiger partial charge on any atom is 0.373 e. The lowest BCUT2D eigenvalue weighted by Crippen LogP contribution is -2.33. The van der Waals surface area contributed by atoms with Crippen LogP contribution in [-0.4, -0.2) is 51.3 Å². The Balaban J connectivity index is 2.92. The summed E-state index contributed by atoms with van der Waals surface area (Å²) in [5.41, 5.74) is 0. The van der Waals surface area contributed by atoms with Crippen molar-refractivity contribution in [1.82, 2.24) is 15.9 Å². The summed E-state index contributed by atoms with van der Waals surface area (Å²) >= 11 is 0. The van der Waals surface area contributed by atoms with Gasteiger partial charge in [-0.15, -0.1) is 0 Å². The van der Waals surface area contributed by atoms with Crippen LogP contribution in [0.3, 0.4) is 0 Å². The molecule has 0 unspecified atom stereocenters. The zero-order chi connectivity index (χ0) is 12.8. The summed E-state index contributed by atoms with van der Waals surface area (Å²) < 4.78 is 0. The van der Waals surface area contributed by atoms with Crippen molar-refractivity contribution in [2.75, 3.05) is 39.3 Å². The second-order valence-electron chi connectivity index (χ2n) is 4.07. The summed E-state index contributed by atoms with van der Waals surface area (Å²) in [6.45, 7) is 13.6. The van der Waals surface area contributed by atoms with E-state index in [1.54, 1.807) is 6.82 Å². The molecule has 0 aromatic heterocycles. The van der Waals surface area contributed by atoms with Crippen LogP contribution in [0.2, 0.25) is 6.82 Å². The van der Waals surface area contributed by atoms with E-state index in [0.29, 0.717) is 6.54 Å². The highest BCUT2D eigenvalue weighted by molar-refractivity contribution is 6.45. The van der Waals surface area contributed by atoms with Gasteiger partial charge < -0.3 is 25.7 Å². The molecule has 0 bridgehead atoms. The van der Waals surface area contributed by atoms with Gasteiger partial charge in [-0.3, -0.25) is 0 Å². The zero-order valence-electron chi connectivity index (χ0n) is 10.8. The fourth-order valence-electron chi connectivity index (χ4n) is 1.41. The number of hydrogen-bond donors (Lipinski definition) is 4. The number of unbranched alkanes of at least 4 members (excludes halogenated alkanes) is 1. The van der Waals surface area contributed by atoms with Crippen molar-refractivity contribution in [1.29, 1.82) is 0 Å². The van der Waals surface area contributed by atoms with Crippen LogP contribution in [0.25, 0.3) is 4.85 Å². The van der Waals surface area contributed by atoms with Gasteiger partial charge >= 0.3 is 7.05 Å². The third-order valence-corrected chi connectivity index (χ3v) is 2.33. The minimum Gasteiger partial charge on any atom is -0.437 e. The van der Waals surface area contributed by atoms with Crippen LogP contribution in [-0.2, 0) is 0 Å². The highest BCUT2D eigenvalue weighted by Crippen LogP contribution is 1.85. The molecule has 4 N–H and O–H groups in total. The van der Waals surface area contributed by atoms with Gasteiger partial charge in [0, 0.05) is 0 Å². The molecule has 0 amide bonds. The molecule has 0 atom stereocenters. The van der Waals surface area contributed by atoms with Gasteiger partial charge in [0.15, 0.2) is 0 Å². The largest absolute Gasteiger partial charge is 0.437 e. The van der Waals surface area contributed by atoms with Gasteiger partial charge in [0.1, 0.15) is 0 Å². The Hall–Kier alpha value is -0.605. The summed E-state index contributed by atoms with van der Waals surface area (Å²) in [5, 5.41) is 18.5. The van der Waals surface area contributed by atoms with Gasteiger partial charge in [-0.2, -0.15) is 0 Å². The number of nitrogens with zero attached hydrogens (tertiary/aromatic N) is 1. The van der Waals surface area contributed by atoms with Crippen molar-refractivity contribution in [3.63, 3.8) is 0 Å². The molecule has 0 saturated carbocycles. The first-order chi connectivity index (χ1) is 8.27. The van der Waals surface area contributed by atoms with E-state index in [4.69, 9.17) is 11.6 Å². The number of rotatable bonds is 12. The molecule has 0 saturated heterocycles. The Labute approximate surface area is 105 Å². The van der Waals surface area contributed by atoms with E-state index >= 15 is 0 Å². The molecule has 0 fully saturated rings. The van der Waals surface area contributed by atoms with Crippen LogP contribution in [0, 0.1) is 6.57 Å². The van der Waals surface area contributed by atoms with Crippen molar-refractivity contribution >= 4 is 7.05 Å². The third-order valence-electron chi connectivity index (χ3n) is 2.33. The summed E-state index contributed by atoms with van der Waals surface area (Å²) in [6, 6.07) is 0. The molecular weight excluding hydrogens is 215 g/mol. The van der Waals surface area contributed by atoms with Crippen molar-refractivity contribution in [3.8, 4) is 0 Å². The van der Waals surface area contributed by atoms with E-state index < -0.39 is 7.05 Å². The van der Waals surface area contributed by atoms with Gasteiger partial charge in [0.2, 0.25) is 6.54 Å². The second-order valence-corrected chi connectivity index (χ2v) is 4.07. The monoisotopic (exact) mass is 240 g/mol. The number of hydrogen-bond acceptors (Lipinski definition) is 4. The number of nitrogens with one attached hydrogen (secondary N) is 3. The van der Waals surface area contributed by atoms with Gasteiger partial charge in [-0.1, -0.05) is 0 Å². The lowest BCUT2D eigenvalue weighted by atomic mass is 9.89. The second kappa shape index (κ2) is 13.5. The van der Waals surface area contributed by atoms with Crippen LogP contribution in [0.5, 0.6) is 0 Å². The van der Waals surface area contributed by atoms with Crippen LogP contribution in [0.15, 0.2) is 0 Å². The molecule has 0 spiro atoms. The van der Waals surface area contributed by atoms with Gasteiger partial charge in [0.05, 0.1) is 6.54 Å². The Kier molecular flexibility index (Phi) is 13.0. The van der Waals surface area contributed by atoms with E-state index in [1.807, 2.05) is 0 Å². The molecule has 5 nitrogen and oxygen atoms in total. The van der Waals surface area contributed by atoms with E-state index in [0.717, 1.165) is 52.0 Å². The van der Waals surface area contributed by atoms with Crippen LogP contribution >= 0.6 is 0 Å². The van der Waals surface area contributed by atoms with E-state index in [1.165, 1.54) is 0 Å². The Morgan fingerprint density at radius 2 is 1.59 bits per heavy atom. The van der Waals surface area contributed by atoms with Gasteiger partial charge in [-0.05, 0) is 52.3 Å². The lowest BCUT2D eigenvalue weighted by molar-refractivity contribution is 0.541. The summed E-state index contributed by atoms with van der Waals surface area (Å²) in [5.74, 6) is 0. The predicted octanol–water partition coefficient (Wildman–Crippen LogP) is -0.0449. The SMILES string of the molecule is [C-]#[N+]CCNCCCCNCCCNB(C)O. The minimum absolute atomic E-state index is 0.406. The average molecular weight is 240 g/mol. The molecular formula is C11H25BN4O. The molecule has 0 aliphatic rings. The Morgan fingerprint density at radius 3 is 2.18 bits per heavy atom. The van der Waals surface area contributed by atoms with Crippen molar-refractivity contribution < 1.29 is 5.02 Å². The average Bonchev–Trinajstić information content (AvgIpc) is 2.30. The molecule has 17 heavy (non-hydrogen) atoms. The first-order valence-corrected chi connectivity index (χ1v) is 6.43. The lowest BCUT2D eigenvalue weighted by Gasteiger charge is -2.06. The summed E-state index contributed by atoms with van der Waals surface area (Å²) in [6.07, 6.45) is 3.35. The van der Waals surface area contributed by atoms with Crippen LogP contribution in [0.4, 0.5) is 0 Å². The third kappa shape index (κ3) is 15.4. The topological polar surface area (TPSA) is 60.7 Å². The fraction of sp³-hybridized carbons (Fsp3) is 0.909. The maximum atomic E-state index is 8.96. The van der Waals surface area contributed by atoms with Crippen molar-refractivity contribution in [2.24, 2.45) is 0 Å². The molecule has 98 valence electrons. The summed E-state index contributed by atoms with van der Waals surface area (Å²) in [7, 11) is -0.406. The van der Waals surface area contributed by atoms with Crippen molar-refractivity contribution in [3.05, 3.63) is 11.4 Å². The smallest absolute Gasteiger partial charge is 0.373 e. The normalized spacial score (nSPS) is 10.2. The Morgan fingerprint density at radius 1 is 1.00 bits per heavy atom. The maximum absolute atomic E-state index is 8.96. The zero-order valence-corrected chi connectivity index (χ0v) is 10.8. The van der Waals surface area contributed by atoms with E-state index in [9.17, 15) is 0 Å². The van der Waals surface area contributed by atoms with E-state index in [2.05, 4.69) is 20.7 Å². The molecule has 0 aliphatic carbocycles. The molecule has 0 aromatic carbocycles. The highest BCUT2D eigenvalue weighted by atomic mass is 16.2.